The predicted molar refractivity (Wildman–Crippen MR) is 109 cm³/mol. The van der Waals surface area contributed by atoms with E-state index in [2.05, 4.69) is 10.2 Å². The van der Waals surface area contributed by atoms with E-state index in [9.17, 15) is 13.2 Å². The monoisotopic (exact) mass is 427 g/mol. The van der Waals surface area contributed by atoms with Gasteiger partial charge in [0.05, 0.1) is 6.54 Å². The zero-order valence-corrected chi connectivity index (χ0v) is 18.5. The molecule has 1 aromatic heterocycles. The summed E-state index contributed by atoms with van der Waals surface area (Å²) in [6.07, 6.45) is 3.38. The zero-order chi connectivity index (χ0) is 21.1. The first-order valence-corrected chi connectivity index (χ1v) is 11.9. The van der Waals surface area contributed by atoms with Crippen LogP contribution in [0.5, 0.6) is 0 Å². The number of hydrogen-bond donors (Lipinski definition) is 1. The Bertz CT molecular complexity index is 785. The summed E-state index contributed by atoms with van der Waals surface area (Å²) in [5.41, 5.74) is -0.488. The number of hydrogen-bond acceptors (Lipinski definition) is 6. The number of rotatable bonds is 6. The number of furan rings is 1. The first-order chi connectivity index (χ1) is 13.6. The lowest BCUT2D eigenvalue weighted by Crippen LogP contribution is -2.40. The Hall–Kier alpha value is -1.58. The molecule has 3 heterocycles. The molecule has 2 saturated heterocycles. The molecule has 2 aliphatic heterocycles. The molecule has 0 radical (unpaired) electrons. The molecular formula is C20H33N3O5S. The van der Waals surface area contributed by atoms with Crippen LogP contribution in [0.3, 0.4) is 0 Å². The van der Waals surface area contributed by atoms with Crippen LogP contribution in [-0.4, -0.2) is 62.0 Å². The highest BCUT2D eigenvalue weighted by Crippen LogP contribution is 2.24. The first kappa shape index (κ1) is 22.1. The molecule has 1 aromatic rings. The first-order valence-electron chi connectivity index (χ1n) is 10.4. The molecule has 0 aliphatic carbocycles. The summed E-state index contributed by atoms with van der Waals surface area (Å²) in [6.45, 7) is 9.67. The third-order valence-electron chi connectivity index (χ3n) is 5.32. The molecule has 1 N–H and O–H groups in total. The van der Waals surface area contributed by atoms with Gasteiger partial charge in [0.1, 0.15) is 11.4 Å². The highest BCUT2D eigenvalue weighted by atomic mass is 32.2. The smallest absolute Gasteiger partial charge is 0.407 e. The predicted octanol–water partition coefficient (Wildman–Crippen LogP) is 2.80. The molecule has 0 aromatic carbocycles. The quantitative estimate of drug-likeness (QED) is 0.751. The topological polar surface area (TPSA) is 92.1 Å². The van der Waals surface area contributed by atoms with Gasteiger partial charge in [0.25, 0.3) is 10.0 Å². The fraction of sp³-hybridized carbons (Fsp3) is 0.750. The largest absolute Gasteiger partial charge is 0.447 e. The Morgan fingerprint density at radius 1 is 1.17 bits per heavy atom. The Labute approximate surface area is 173 Å². The van der Waals surface area contributed by atoms with Crippen LogP contribution in [0.4, 0.5) is 4.79 Å². The molecule has 1 amide bonds. The molecule has 3 rings (SSSR count). The van der Waals surface area contributed by atoms with Gasteiger partial charge in [-0.2, -0.15) is 4.31 Å². The van der Waals surface area contributed by atoms with Crippen molar-refractivity contribution < 1.29 is 22.4 Å². The van der Waals surface area contributed by atoms with E-state index in [1.165, 1.54) is 4.31 Å². The van der Waals surface area contributed by atoms with E-state index >= 15 is 0 Å². The minimum Gasteiger partial charge on any atom is -0.447 e. The third-order valence-corrected chi connectivity index (χ3v) is 7.09. The van der Waals surface area contributed by atoms with Gasteiger partial charge in [-0.15, -0.1) is 0 Å². The maximum Gasteiger partial charge on any atom is 0.407 e. The Kier molecular flexibility index (Phi) is 6.90. The van der Waals surface area contributed by atoms with Gasteiger partial charge in [0.2, 0.25) is 5.09 Å². The number of alkyl carbamates (subject to hydrolysis) is 1. The molecule has 29 heavy (non-hydrogen) atoms. The minimum absolute atomic E-state index is 0.0471. The number of ether oxygens (including phenoxy) is 1. The van der Waals surface area contributed by atoms with Crippen LogP contribution in [0.25, 0.3) is 0 Å². The number of amides is 1. The van der Waals surface area contributed by atoms with Gasteiger partial charge in [0, 0.05) is 19.6 Å². The Morgan fingerprint density at radius 2 is 1.83 bits per heavy atom. The van der Waals surface area contributed by atoms with Gasteiger partial charge in [-0.3, -0.25) is 4.90 Å². The van der Waals surface area contributed by atoms with Crippen LogP contribution in [0, 0.1) is 5.92 Å². The molecular weight excluding hydrogens is 394 g/mol. The van der Waals surface area contributed by atoms with Gasteiger partial charge in [-0.25, -0.2) is 13.2 Å². The van der Waals surface area contributed by atoms with E-state index in [1.54, 1.807) is 12.1 Å². The molecule has 0 saturated carbocycles. The second kappa shape index (κ2) is 9.06. The normalized spacial score (nSPS) is 20.1. The second-order valence-electron chi connectivity index (χ2n) is 8.93. The summed E-state index contributed by atoms with van der Waals surface area (Å²) in [6, 6.07) is 3.33. The maximum atomic E-state index is 12.6. The molecule has 2 fully saturated rings. The third kappa shape index (κ3) is 6.20. The summed E-state index contributed by atoms with van der Waals surface area (Å²) in [5, 5.41) is 2.90. The molecule has 0 spiro atoms. The van der Waals surface area contributed by atoms with E-state index in [0.29, 0.717) is 37.9 Å². The SMILES string of the molecule is CC(C)(C)OC(=O)NCC1CCN(Cc2ccc(S(=O)(=O)N3CCCC3)o2)CC1. The maximum absolute atomic E-state index is 12.6. The van der Waals surface area contributed by atoms with Gasteiger partial charge in [-0.05, 0) is 77.6 Å². The van der Waals surface area contributed by atoms with E-state index < -0.39 is 15.6 Å². The number of piperidine rings is 1. The fourth-order valence-electron chi connectivity index (χ4n) is 3.75. The summed E-state index contributed by atoms with van der Waals surface area (Å²) in [7, 11) is -3.50. The van der Waals surface area contributed by atoms with Crippen LogP contribution in [0.2, 0.25) is 0 Å². The highest BCUT2D eigenvalue weighted by molar-refractivity contribution is 7.89. The van der Waals surface area contributed by atoms with Gasteiger partial charge in [0.15, 0.2) is 0 Å². The second-order valence-corrected chi connectivity index (χ2v) is 10.8. The average Bonchev–Trinajstić information content (AvgIpc) is 3.32. The summed E-state index contributed by atoms with van der Waals surface area (Å²) >= 11 is 0. The van der Waals surface area contributed by atoms with Crippen LogP contribution in [0.15, 0.2) is 21.6 Å². The molecule has 8 nitrogen and oxygen atoms in total. The molecule has 0 atom stereocenters. The highest BCUT2D eigenvalue weighted by Gasteiger charge is 2.30. The minimum atomic E-state index is -3.50. The molecule has 0 unspecified atom stereocenters. The number of carbonyl (C=O) groups excluding carboxylic acids is 1. The fourth-order valence-corrected chi connectivity index (χ4v) is 5.19. The lowest BCUT2D eigenvalue weighted by molar-refractivity contribution is 0.0508. The Morgan fingerprint density at radius 3 is 2.45 bits per heavy atom. The number of likely N-dealkylation sites (tertiary alicyclic amines) is 1. The van der Waals surface area contributed by atoms with E-state index in [4.69, 9.17) is 9.15 Å². The number of nitrogens with one attached hydrogen (secondary N) is 1. The van der Waals surface area contributed by atoms with Crippen LogP contribution < -0.4 is 5.32 Å². The van der Waals surface area contributed by atoms with E-state index in [0.717, 1.165) is 38.8 Å². The van der Waals surface area contributed by atoms with Crippen molar-refractivity contribution >= 4 is 16.1 Å². The molecule has 2 aliphatic rings. The van der Waals surface area contributed by atoms with Crippen LogP contribution >= 0.6 is 0 Å². The Balaban J connectivity index is 1.43. The number of nitrogens with zero attached hydrogens (tertiary/aromatic N) is 2. The van der Waals surface area contributed by atoms with E-state index in [1.807, 2.05) is 20.8 Å². The lowest BCUT2D eigenvalue weighted by atomic mass is 9.97. The van der Waals surface area contributed by atoms with Gasteiger partial charge < -0.3 is 14.5 Å². The van der Waals surface area contributed by atoms with Gasteiger partial charge in [-0.1, -0.05) is 0 Å². The summed E-state index contributed by atoms with van der Waals surface area (Å²) in [5.74, 6) is 1.09. The van der Waals surface area contributed by atoms with E-state index in [-0.39, 0.29) is 11.2 Å². The van der Waals surface area contributed by atoms with Gasteiger partial charge >= 0.3 is 6.09 Å². The van der Waals surface area contributed by atoms with Crippen molar-refractivity contribution in [3.63, 3.8) is 0 Å². The van der Waals surface area contributed by atoms with Crippen molar-refractivity contribution in [2.75, 3.05) is 32.7 Å². The van der Waals surface area contributed by atoms with Crippen molar-refractivity contribution in [1.82, 2.24) is 14.5 Å². The average molecular weight is 428 g/mol. The van der Waals surface area contributed by atoms with Crippen molar-refractivity contribution in [3.05, 3.63) is 17.9 Å². The van der Waals surface area contributed by atoms with Crippen molar-refractivity contribution in [2.24, 2.45) is 5.92 Å². The van der Waals surface area contributed by atoms with Crippen molar-refractivity contribution in [2.45, 2.75) is 63.7 Å². The molecule has 164 valence electrons. The standard InChI is InChI=1S/C20H33N3O5S/c1-20(2,3)28-19(24)21-14-16-8-12-22(13-9-16)15-17-6-7-18(27-17)29(25,26)23-10-4-5-11-23/h6-7,16H,4-5,8-15H2,1-3H3,(H,21,24). The summed E-state index contributed by atoms with van der Waals surface area (Å²) in [4.78, 5) is 14.0. The lowest BCUT2D eigenvalue weighted by Gasteiger charge is -2.31. The molecule has 0 bridgehead atoms. The number of carbonyl (C=O) groups is 1. The zero-order valence-electron chi connectivity index (χ0n) is 17.6. The van der Waals surface area contributed by atoms with Crippen LogP contribution in [-0.2, 0) is 21.3 Å². The molecule has 9 heteroatoms. The van der Waals surface area contributed by atoms with Crippen LogP contribution in [0.1, 0.15) is 52.2 Å². The summed E-state index contributed by atoms with van der Waals surface area (Å²) < 4.78 is 37.6. The van der Waals surface area contributed by atoms with Crippen molar-refractivity contribution in [3.8, 4) is 0 Å². The number of sulfonamides is 1. The van der Waals surface area contributed by atoms with Crippen molar-refractivity contribution in [1.29, 1.82) is 0 Å².